The van der Waals surface area contributed by atoms with Crippen LogP contribution in [0.5, 0.6) is 5.75 Å². The van der Waals surface area contributed by atoms with Gasteiger partial charge in [-0.25, -0.2) is 9.97 Å². The van der Waals surface area contributed by atoms with E-state index in [-0.39, 0.29) is 0 Å². The zero-order chi connectivity index (χ0) is 14.5. The van der Waals surface area contributed by atoms with Gasteiger partial charge in [-0.2, -0.15) is 5.26 Å². The van der Waals surface area contributed by atoms with Gasteiger partial charge < -0.3 is 10.5 Å². The fraction of sp³-hybridized carbons (Fsp3) is 0.214. The number of thioether (sulfide) groups is 1. The van der Waals surface area contributed by atoms with Crippen LogP contribution in [-0.4, -0.2) is 17.1 Å². The number of aromatic nitrogens is 2. The van der Waals surface area contributed by atoms with Crippen molar-refractivity contribution in [3.63, 3.8) is 0 Å². The Balaban J connectivity index is 2.13. The molecule has 0 aliphatic rings. The van der Waals surface area contributed by atoms with Crippen molar-refractivity contribution in [3.8, 4) is 11.8 Å². The lowest BCUT2D eigenvalue weighted by atomic mass is 10.1. The largest absolute Gasteiger partial charge is 0.495 e. The summed E-state index contributed by atoms with van der Waals surface area (Å²) in [6.45, 7) is 1.88. The fourth-order valence-electron chi connectivity index (χ4n) is 1.70. The molecule has 102 valence electrons. The van der Waals surface area contributed by atoms with E-state index in [0.717, 1.165) is 11.3 Å². The second kappa shape index (κ2) is 6.26. The van der Waals surface area contributed by atoms with Crippen LogP contribution < -0.4 is 10.5 Å². The molecule has 0 aliphatic carbocycles. The molecule has 0 radical (unpaired) electrons. The highest BCUT2D eigenvalue weighted by molar-refractivity contribution is 7.98. The van der Waals surface area contributed by atoms with Crippen molar-refractivity contribution in [2.24, 2.45) is 0 Å². The van der Waals surface area contributed by atoms with Gasteiger partial charge in [0.05, 0.1) is 12.7 Å². The van der Waals surface area contributed by atoms with Crippen molar-refractivity contribution in [2.45, 2.75) is 17.8 Å². The van der Waals surface area contributed by atoms with Crippen LogP contribution in [0.1, 0.15) is 16.8 Å². The van der Waals surface area contributed by atoms with Crippen molar-refractivity contribution in [3.05, 3.63) is 41.1 Å². The van der Waals surface area contributed by atoms with Gasteiger partial charge in [0, 0.05) is 17.5 Å². The highest BCUT2D eigenvalue weighted by atomic mass is 32.2. The summed E-state index contributed by atoms with van der Waals surface area (Å²) in [6, 6.07) is 9.32. The second-order valence-corrected chi connectivity index (χ2v) is 5.09. The first-order valence-corrected chi connectivity index (χ1v) is 6.92. The van der Waals surface area contributed by atoms with E-state index in [9.17, 15) is 0 Å². The van der Waals surface area contributed by atoms with E-state index in [0.29, 0.717) is 28.0 Å². The van der Waals surface area contributed by atoms with E-state index in [2.05, 4.69) is 16.0 Å². The van der Waals surface area contributed by atoms with E-state index >= 15 is 0 Å². The quantitative estimate of drug-likeness (QED) is 0.686. The lowest BCUT2D eigenvalue weighted by Gasteiger charge is -2.06. The van der Waals surface area contributed by atoms with Gasteiger partial charge in [-0.1, -0.05) is 17.8 Å². The van der Waals surface area contributed by atoms with Gasteiger partial charge >= 0.3 is 0 Å². The van der Waals surface area contributed by atoms with Crippen molar-refractivity contribution < 1.29 is 4.74 Å². The van der Waals surface area contributed by atoms with Crippen LogP contribution in [0.25, 0.3) is 0 Å². The molecule has 0 bridgehead atoms. The van der Waals surface area contributed by atoms with Gasteiger partial charge in [0.15, 0.2) is 5.16 Å². The first-order valence-electron chi connectivity index (χ1n) is 5.93. The third-order valence-corrected chi connectivity index (χ3v) is 3.53. The number of aryl methyl sites for hydroxylation is 1. The third kappa shape index (κ3) is 3.39. The molecular formula is C14H14N4OS. The minimum Gasteiger partial charge on any atom is -0.495 e. The smallest absolute Gasteiger partial charge is 0.190 e. The number of hydrogen-bond acceptors (Lipinski definition) is 6. The molecule has 0 fully saturated rings. The molecule has 0 unspecified atom stereocenters. The molecule has 2 rings (SSSR count). The molecule has 6 heteroatoms. The lowest BCUT2D eigenvalue weighted by molar-refractivity contribution is 0.413. The number of methoxy groups -OCH3 is 1. The maximum Gasteiger partial charge on any atom is 0.190 e. The number of benzene rings is 1. The number of nitrogens with two attached hydrogens (primary N) is 1. The SMILES string of the molecule is COc1cc(CSc2nc(C)cc(N)n2)ccc1C#N. The summed E-state index contributed by atoms with van der Waals surface area (Å²) in [4.78, 5) is 8.49. The summed E-state index contributed by atoms with van der Waals surface area (Å²) in [5.74, 6) is 1.73. The van der Waals surface area contributed by atoms with Crippen LogP contribution in [0, 0.1) is 18.3 Å². The molecule has 0 spiro atoms. The van der Waals surface area contributed by atoms with Crippen LogP contribution in [0.4, 0.5) is 5.82 Å². The first kappa shape index (κ1) is 14.2. The van der Waals surface area contributed by atoms with E-state index in [1.54, 1.807) is 19.2 Å². The second-order valence-electron chi connectivity index (χ2n) is 4.15. The summed E-state index contributed by atoms with van der Waals surface area (Å²) in [6.07, 6.45) is 0. The number of nitrogen functional groups attached to an aromatic ring is 1. The monoisotopic (exact) mass is 286 g/mol. The molecule has 5 nitrogen and oxygen atoms in total. The highest BCUT2D eigenvalue weighted by Crippen LogP contribution is 2.25. The molecule has 20 heavy (non-hydrogen) atoms. The summed E-state index contributed by atoms with van der Waals surface area (Å²) in [7, 11) is 1.55. The summed E-state index contributed by atoms with van der Waals surface area (Å²) >= 11 is 1.49. The number of nitriles is 1. The highest BCUT2D eigenvalue weighted by Gasteiger charge is 2.06. The molecule has 0 amide bonds. The number of anilines is 1. The third-order valence-electron chi connectivity index (χ3n) is 2.61. The standard InChI is InChI=1S/C14H14N4OS/c1-9-5-13(16)18-14(17-9)20-8-10-3-4-11(7-15)12(6-10)19-2/h3-6H,8H2,1-2H3,(H2,16,17,18). The zero-order valence-corrected chi connectivity index (χ0v) is 12.1. The maximum atomic E-state index is 8.94. The number of ether oxygens (including phenoxy) is 1. The molecule has 0 saturated heterocycles. The average molecular weight is 286 g/mol. The van der Waals surface area contributed by atoms with E-state index < -0.39 is 0 Å². The molecule has 1 aromatic heterocycles. The predicted molar refractivity (Wildman–Crippen MR) is 78.5 cm³/mol. The van der Waals surface area contributed by atoms with E-state index in [1.165, 1.54) is 11.8 Å². The normalized spacial score (nSPS) is 10.1. The van der Waals surface area contributed by atoms with Crippen molar-refractivity contribution in [1.29, 1.82) is 5.26 Å². The number of nitrogens with zero attached hydrogens (tertiary/aromatic N) is 3. The Morgan fingerprint density at radius 2 is 2.15 bits per heavy atom. The van der Waals surface area contributed by atoms with Gasteiger partial charge in [0.1, 0.15) is 17.6 Å². The Labute approximate surface area is 121 Å². The minimum absolute atomic E-state index is 0.470. The number of hydrogen-bond donors (Lipinski definition) is 1. The molecule has 1 heterocycles. The molecular weight excluding hydrogens is 272 g/mol. The van der Waals surface area contributed by atoms with Crippen molar-refractivity contribution in [2.75, 3.05) is 12.8 Å². The zero-order valence-electron chi connectivity index (χ0n) is 11.3. The predicted octanol–water partition coefficient (Wildman–Crippen LogP) is 2.54. The van der Waals surface area contributed by atoms with Crippen LogP contribution in [0.2, 0.25) is 0 Å². The van der Waals surface area contributed by atoms with Gasteiger partial charge in [-0.3, -0.25) is 0 Å². The summed E-state index contributed by atoms with van der Waals surface area (Å²) in [5, 5.41) is 9.58. The molecule has 0 aliphatic heterocycles. The van der Waals surface area contributed by atoms with Gasteiger partial charge in [0.2, 0.25) is 0 Å². The first-order chi connectivity index (χ1) is 9.62. The molecule has 1 aromatic carbocycles. The van der Waals surface area contributed by atoms with Gasteiger partial charge in [-0.05, 0) is 24.6 Å². The Kier molecular flexibility index (Phi) is 4.43. The summed E-state index contributed by atoms with van der Waals surface area (Å²) in [5.41, 5.74) is 8.10. The average Bonchev–Trinajstić information content (AvgIpc) is 2.43. The molecule has 2 N–H and O–H groups in total. The van der Waals surface area contributed by atoms with Crippen LogP contribution >= 0.6 is 11.8 Å². The molecule has 0 saturated carbocycles. The van der Waals surface area contributed by atoms with Crippen molar-refractivity contribution >= 4 is 17.6 Å². The Morgan fingerprint density at radius 1 is 1.35 bits per heavy atom. The minimum atomic E-state index is 0.470. The fourth-order valence-corrected chi connectivity index (χ4v) is 2.55. The van der Waals surface area contributed by atoms with Crippen molar-refractivity contribution in [1.82, 2.24) is 9.97 Å². The molecule has 0 atom stereocenters. The van der Waals surface area contributed by atoms with Gasteiger partial charge in [-0.15, -0.1) is 0 Å². The van der Waals surface area contributed by atoms with Crippen LogP contribution in [-0.2, 0) is 5.75 Å². The Morgan fingerprint density at radius 3 is 2.80 bits per heavy atom. The summed E-state index contributed by atoms with van der Waals surface area (Å²) < 4.78 is 5.18. The van der Waals surface area contributed by atoms with Gasteiger partial charge in [0.25, 0.3) is 0 Å². The lowest BCUT2D eigenvalue weighted by Crippen LogP contribution is -1.97. The maximum absolute atomic E-state index is 8.94. The van der Waals surface area contributed by atoms with E-state index in [4.69, 9.17) is 15.7 Å². The Bertz CT molecular complexity index is 646. The van der Waals surface area contributed by atoms with E-state index in [1.807, 2.05) is 19.1 Å². The topological polar surface area (TPSA) is 84.8 Å². The number of rotatable bonds is 4. The Hall–Kier alpha value is -2.26. The van der Waals surface area contributed by atoms with Crippen LogP contribution in [0.3, 0.4) is 0 Å². The van der Waals surface area contributed by atoms with Crippen LogP contribution in [0.15, 0.2) is 29.4 Å². The molecule has 2 aromatic rings.